The first-order valence-electron chi connectivity index (χ1n) is 12.6. The Balaban J connectivity index is 2.18. The lowest BCUT2D eigenvalue weighted by atomic mass is 10.1. The summed E-state index contributed by atoms with van der Waals surface area (Å²) in [6, 6.07) is 13.4. The average Bonchev–Trinajstić information content (AvgIpc) is 2.85. The predicted molar refractivity (Wildman–Crippen MR) is 148 cm³/mol. The van der Waals surface area contributed by atoms with Crippen LogP contribution in [0.25, 0.3) is 0 Å². The average molecular weight is 552 g/mol. The second-order valence-electron chi connectivity index (χ2n) is 8.81. The predicted octanol–water partition coefficient (Wildman–Crippen LogP) is 4.62. The van der Waals surface area contributed by atoms with Gasteiger partial charge in [0.1, 0.15) is 11.8 Å². The van der Waals surface area contributed by atoms with E-state index >= 15 is 0 Å². The maximum atomic E-state index is 13.4. The molecule has 204 valence electrons. The molecule has 0 aliphatic heterocycles. The molecule has 2 aromatic carbocycles. The molecule has 0 radical (unpaired) electrons. The largest absolute Gasteiger partial charge is 0.492 e. The van der Waals surface area contributed by atoms with E-state index in [2.05, 4.69) is 5.32 Å². The van der Waals surface area contributed by atoms with E-state index in [0.29, 0.717) is 29.6 Å². The number of halogens is 1. The Morgan fingerprint density at radius 2 is 1.81 bits per heavy atom. The second kappa shape index (κ2) is 14.8. The molecule has 10 heteroatoms. The van der Waals surface area contributed by atoms with Gasteiger partial charge in [-0.05, 0) is 56.5 Å². The molecule has 8 nitrogen and oxygen atoms in total. The van der Waals surface area contributed by atoms with Crippen molar-refractivity contribution in [1.82, 2.24) is 10.2 Å². The zero-order valence-electron chi connectivity index (χ0n) is 22.1. The topological polar surface area (TPSA) is 96.0 Å². The minimum atomic E-state index is -3.62. The molecule has 0 aliphatic rings. The van der Waals surface area contributed by atoms with E-state index in [1.807, 2.05) is 19.9 Å². The van der Waals surface area contributed by atoms with Crippen LogP contribution < -0.4 is 14.4 Å². The molecule has 0 aliphatic carbocycles. The number of nitrogens with zero attached hydrogens (tertiary/aromatic N) is 2. The summed E-state index contributed by atoms with van der Waals surface area (Å²) in [7, 11) is -3.62. The van der Waals surface area contributed by atoms with Crippen molar-refractivity contribution >= 4 is 39.1 Å². The first-order chi connectivity index (χ1) is 17.6. The number of para-hydroxylation sites is 2. The van der Waals surface area contributed by atoms with Crippen LogP contribution in [0.15, 0.2) is 48.5 Å². The molecular formula is C27H38ClN3O5S. The standard InChI is InChI=1S/C27H38ClN3O5S/c1-5-7-17-29-27(33)21(3)30(20-22-12-10-13-23(28)19-22)26(32)16-11-18-31(37(4,34)35)24-14-8-9-15-25(24)36-6-2/h8-10,12-15,19,21H,5-7,11,16-18,20H2,1-4H3,(H,29,33)/t21-/m1/s1. The summed E-state index contributed by atoms with van der Waals surface area (Å²) in [5, 5.41) is 3.43. The van der Waals surface area contributed by atoms with Crippen LogP contribution in [0.5, 0.6) is 5.75 Å². The fourth-order valence-electron chi connectivity index (χ4n) is 3.87. The van der Waals surface area contributed by atoms with E-state index in [0.717, 1.165) is 24.7 Å². The third kappa shape index (κ3) is 9.55. The Hall–Kier alpha value is -2.78. The molecule has 1 N–H and O–H groups in total. The van der Waals surface area contributed by atoms with Crippen LogP contribution >= 0.6 is 11.6 Å². The Bertz CT molecular complexity index is 1140. The van der Waals surface area contributed by atoms with Gasteiger partial charge in [-0.2, -0.15) is 0 Å². The van der Waals surface area contributed by atoms with Crippen LogP contribution in [0.1, 0.15) is 52.0 Å². The van der Waals surface area contributed by atoms with Crippen molar-refractivity contribution in [3.63, 3.8) is 0 Å². The molecule has 0 bridgehead atoms. The zero-order valence-corrected chi connectivity index (χ0v) is 23.6. The van der Waals surface area contributed by atoms with E-state index in [1.54, 1.807) is 49.4 Å². The van der Waals surface area contributed by atoms with E-state index in [9.17, 15) is 18.0 Å². The van der Waals surface area contributed by atoms with E-state index in [1.165, 1.54) is 9.21 Å². The van der Waals surface area contributed by atoms with Crippen molar-refractivity contribution in [2.45, 2.75) is 59.0 Å². The summed E-state index contributed by atoms with van der Waals surface area (Å²) >= 11 is 6.13. The monoisotopic (exact) mass is 551 g/mol. The quantitative estimate of drug-likeness (QED) is 0.326. The summed E-state index contributed by atoms with van der Waals surface area (Å²) in [5.74, 6) is -0.0152. The minimum Gasteiger partial charge on any atom is -0.492 e. The zero-order chi connectivity index (χ0) is 27.4. The van der Waals surface area contributed by atoms with Gasteiger partial charge >= 0.3 is 0 Å². The number of carbonyl (C=O) groups is 2. The molecule has 0 fully saturated rings. The molecule has 0 aromatic heterocycles. The normalized spacial score (nSPS) is 12.0. The summed E-state index contributed by atoms with van der Waals surface area (Å²) in [6.07, 6.45) is 3.26. The molecule has 2 aromatic rings. The van der Waals surface area contributed by atoms with Crippen LogP contribution in [0.2, 0.25) is 5.02 Å². The first-order valence-corrected chi connectivity index (χ1v) is 14.8. The Morgan fingerprint density at radius 3 is 2.46 bits per heavy atom. The number of rotatable bonds is 15. The van der Waals surface area contributed by atoms with Gasteiger partial charge in [-0.3, -0.25) is 13.9 Å². The van der Waals surface area contributed by atoms with Crippen molar-refractivity contribution in [3.8, 4) is 5.75 Å². The van der Waals surface area contributed by atoms with Gasteiger partial charge in [-0.1, -0.05) is 49.2 Å². The van der Waals surface area contributed by atoms with Crippen LogP contribution in [0, 0.1) is 0 Å². The van der Waals surface area contributed by atoms with Crippen molar-refractivity contribution in [3.05, 3.63) is 59.1 Å². The van der Waals surface area contributed by atoms with Crippen LogP contribution in [0.4, 0.5) is 5.69 Å². The number of anilines is 1. The Kier molecular flexibility index (Phi) is 12.2. The van der Waals surface area contributed by atoms with Crippen molar-refractivity contribution in [2.24, 2.45) is 0 Å². The smallest absolute Gasteiger partial charge is 0.242 e. The van der Waals surface area contributed by atoms with Crippen molar-refractivity contribution in [1.29, 1.82) is 0 Å². The highest BCUT2D eigenvalue weighted by atomic mass is 35.5. The van der Waals surface area contributed by atoms with Gasteiger partial charge in [-0.15, -0.1) is 0 Å². The van der Waals surface area contributed by atoms with Crippen molar-refractivity contribution < 1.29 is 22.7 Å². The lowest BCUT2D eigenvalue weighted by Gasteiger charge is -2.29. The van der Waals surface area contributed by atoms with E-state index in [-0.39, 0.29) is 37.7 Å². The summed E-state index contributed by atoms with van der Waals surface area (Å²) in [4.78, 5) is 27.7. The van der Waals surface area contributed by atoms with Gasteiger partial charge in [0.15, 0.2) is 0 Å². The first kappa shape index (κ1) is 30.4. The second-order valence-corrected chi connectivity index (χ2v) is 11.2. The Labute approximate surface area is 226 Å². The Morgan fingerprint density at radius 1 is 1.08 bits per heavy atom. The van der Waals surface area contributed by atoms with Gasteiger partial charge in [0, 0.05) is 31.1 Å². The molecular weight excluding hydrogens is 514 g/mol. The molecule has 0 heterocycles. The molecule has 0 spiro atoms. The number of ether oxygens (including phenoxy) is 1. The highest BCUT2D eigenvalue weighted by molar-refractivity contribution is 7.92. The minimum absolute atomic E-state index is 0.0654. The van der Waals surface area contributed by atoms with Gasteiger partial charge in [-0.25, -0.2) is 8.42 Å². The van der Waals surface area contributed by atoms with E-state index in [4.69, 9.17) is 16.3 Å². The number of hydrogen-bond donors (Lipinski definition) is 1. The number of benzene rings is 2. The lowest BCUT2D eigenvalue weighted by Crippen LogP contribution is -2.48. The fraction of sp³-hybridized carbons (Fsp3) is 0.481. The number of hydrogen-bond acceptors (Lipinski definition) is 5. The van der Waals surface area contributed by atoms with Crippen LogP contribution in [0.3, 0.4) is 0 Å². The lowest BCUT2D eigenvalue weighted by molar-refractivity contribution is -0.140. The maximum Gasteiger partial charge on any atom is 0.242 e. The molecule has 2 rings (SSSR count). The van der Waals surface area contributed by atoms with Crippen LogP contribution in [-0.4, -0.2) is 57.1 Å². The summed E-state index contributed by atoms with van der Waals surface area (Å²) < 4.78 is 32.1. The maximum absolute atomic E-state index is 13.4. The molecule has 2 amide bonds. The SMILES string of the molecule is CCCCNC(=O)[C@@H](C)N(Cc1cccc(Cl)c1)C(=O)CCCN(c1ccccc1OCC)S(C)(=O)=O. The van der Waals surface area contributed by atoms with Crippen molar-refractivity contribution in [2.75, 3.05) is 30.3 Å². The number of nitrogens with one attached hydrogen (secondary N) is 1. The van der Waals surface area contributed by atoms with Gasteiger partial charge in [0.2, 0.25) is 21.8 Å². The highest BCUT2D eigenvalue weighted by Crippen LogP contribution is 2.30. The molecule has 37 heavy (non-hydrogen) atoms. The van der Waals surface area contributed by atoms with Gasteiger partial charge in [0.05, 0.1) is 18.6 Å². The third-order valence-electron chi connectivity index (χ3n) is 5.82. The molecule has 0 saturated carbocycles. The molecule has 1 atom stereocenters. The number of amides is 2. The number of sulfonamides is 1. The fourth-order valence-corrected chi connectivity index (χ4v) is 5.06. The van der Waals surface area contributed by atoms with Gasteiger partial charge in [0.25, 0.3) is 0 Å². The molecule has 0 saturated heterocycles. The molecule has 0 unspecified atom stereocenters. The van der Waals surface area contributed by atoms with Gasteiger partial charge < -0.3 is 15.0 Å². The van der Waals surface area contributed by atoms with Crippen LogP contribution in [-0.2, 0) is 26.2 Å². The number of unbranched alkanes of at least 4 members (excludes halogenated alkanes) is 1. The third-order valence-corrected chi connectivity index (χ3v) is 7.24. The number of carbonyl (C=O) groups excluding carboxylic acids is 2. The highest BCUT2D eigenvalue weighted by Gasteiger charge is 2.27. The summed E-state index contributed by atoms with van der Waals surface area (Å²) in [5.41, 5.74) is 1.23. The summed E-state index contributed by atoms with van der Waals surface area (Å²) in [6.45, 7) is 6.81. The van der Waals surface area contributed by atoms with E-state index < -0.39 is 16.1 Å².